The zero-order chi connectivity index (χ0) is 23.4. The lowest BCUT2D eigenvalue weighted by molar-refractivity contribution is -0.139. The number of nitrogens with one attached hydrogen (secondary N) is 1. The third-order valence-corrected chi connectivity index (χ3v) is 4.50. The SMILES string of the molecule is NC(N)=NCCC[C@H](N)C(=O)O.O=C(O)Cc1ccccc1Nc1c(Cl)cccc1Cl. The van der Waals surface area contributed by atoms with Crippen LogP contribution >= 0.6 is 23.2 Å². The van der Waals surface area contributed by atoms with Crippen LogP contribution in [-0.4, -0.2) is 40.7 Å². The van der Waals surface area contributed by atoms with Crippen LogP contribution in [0.15, 0.2) is 47.5 Å². The monoisotopic (exact) mass is 469 g/mol. The summed E-state index contributed by atoms with van der Waals surface area (Å²) in [7, 11) is 0. The van der Waals surface area contributed by atoms with Crippen LogP contribution in [0.1, 0.15) is 18.4 Å². The average Bonchev–Trinajstić information content (AvgIpc) is 2.69. The maximum absolute atomic E-state index is 10.8. The van der Waals surface area contributed by atoms with Crippen molar-refractivity contribution < 1.29 is 19.8 Å². The number of para-hydroxylation sites is 2. The van der Waals surface area contributed by atoms with Gasteiger partial charge in [0.2, 0.25) is 0 Å². The van der Waals surface area contributed by atoms with E-state index in [9.17, 15) is 9.59 Å². The molecule has 0 aliphatic rings. The molecule has 0 saturated heterocycles. The predicted octanol–water partition coefficient (Wildman–Crippen LogP) is 2.82. The summed E-state index contributed by atoms with van der Waals surface area (Å²) in [5.74, 6) is -1.88. The molecule has 9 N–H and O–H groups in total. The topological polar surface area (TPSA) is 177 Å². The number of rotatable bonds is 9. The van der Waals surface area contributed by atoms with Gasteiger partial charge in [0.15, 0.2) is 5.96 Å². The van der Waals surface area contributed by atoms with Crippen molar-refractivity contribution in [1.29, 1.82) is 0 Å². The highest BCUT2D eigenvalue weighted by atomic mass is 35.5. The maximum atomic E-state index is 10.8. The Kier molecular flexibility index (Phi) is 11.2. The number of hydrogen-bond acceptors (Lipinski definition) is 5. The van der Waals surface area contributed by atoms with E-state index in [0.717, 1.165) is 0 Å². The fraction of sp³-hybridized carbons (Fsp3) is 0.250. The van der Waals surface area contributed by atoms with E-state index in [1.807, 2.05) is 6.07 Å². The minimum atomic E-state index is -1.00. The second-order valence-electron chi connectivity index (χ2n) is 6.34. The van der Waals surface area contributed by atoms with Gasteiger partial charge in [0.1, 0.15) is 6.04 Å². The smallest absolute Gasteiger partial charge is 0.320 e. The van der Waals surface area contributed by atoms with Crippen molar-refractivity contribution in [3.8, 4) is 0 Å². The van der Waals surface area contributed by atoms with Gasteiger partial charge in [-0.05, 0) is 36.6 Å². The number of nitrogens with two attached hydrogens (primary N) is 3. The van der Waals surface area contributed by atoms with E-state index >= 15 is 0 Å². The van der Waals surface area contributed by atoms with Crippen LogP contribution in [0, 0.1) is 0 Å². The second kappa shape index (κ2) is 13.3. The van der Waals surface area contributed by atoms with Gasteiger partial charge in [0.25, 0.3) is 0 Å². The summed E-state index contributed by atoms with van der Waals surface area (Å²) < 4.78 is 0. The Balaban J connectivity index is 0.000000348. The van der Waals surface area contributed by atoms with Crippen LogP contribution in [0.3, 0.4) is 0 Å². The molecule has 31 heavy (non-hydrogen) atoms. The van der Waals surface area contributed by atoms with E-state index in [0.29, 0.717) is 46.4 Å². The molecule has 0 spiro atoms. The Labute approximate surface area is 189 Å². The molecule has 0 amide bonds. The minimum absolute atomic E-state index is 0.0129. The van der Waals surface area contributed by atoms with Gasteiger partial charge in [-0.3, -0.25) is 14.6 Å². The molecule has 2 aromatic carbocycles. The standard InChI is InChI=1S/C14H11Cl2NO2.C6H14N4O2/c15-10-5-3-6-11(16)14(10)17-12-7-2-1-4-9(12)8-13(18)19;7-4(5(11)12)2-1-3-10-6(8)9/h1-7,17H,8H2,(H,18,19);4H,1-3,7H2,(H,11,12)(H4,8,9,10)/t;4-/m.0/s1. The number of halogens is 2. The Bertz CT molecular complexity index is 900. The largest absolute Gasteiger partial charge is 0.481 e. The fourth-order valence-electron chi connectivity index (χ4n) is 2.35. The van der Waals surface area contributed by atoms with Gasteiger partial charge in [0, 0.05) is 12.2 Å². The van der Waals surface area contributed by atoms with Crippen molar-refractivity contribution in [3.63, 3.8) is 0 Å². The van der Waals surface area contributed by atoms with Crippen LogP contribution in [0.5, 0.6) is 0 Å². The van der Waals surface area contributed by atoms with Crippen LogP contribution < -0.4 is 22.5 Å². The first-order valence-corrected chi connectivity index (χ1v) is 9.92. The van der Waals surface area contributed by atoms with Gasteiger partial charge in [-0.1, -0.05) is 47.5 Å². The minimum Gasteiger partial charge on any atom is -0.481 e. The summed E-state index contributed by atoms with van der Waals surface area (Å²) in [6, 6.07) is 11.5. The molecule has 168 valence electrons. The van der Waals surface area contributed by atoms with Crippen molar-refractivity contribution >= 4 is 52.5 Å². The van der Waals surface area contributed by atoms with Gasteiger partial charge in [-0.15, -0.1) is 0 Å². The average molecular weight is 470 g/mol. The third-order valence-electron chi connectivity index (χ3n) is 3.87. The Morgan fingerprint density at radius 3 is 2.19 bits per heavy atom. The number of anilines is 2. The molecule has 1 atom stereocenters. The molecule has 0 saturated carbocycles. The van der Waals surface area contributed by atoms with Crippen molar-refractivity contribution in [3.05, 3.63) is 58.1 Å². The molecule has 0 radical (unpaired) electrons. The highest BCUT2D eigenvalue weighted by Gasteiger charge is 2.10. The summed E-state index contributed by atoms with van der Waals surface area (Å²) in [6.45, 7) is 0.420. The number of aliphatic imine (C=N–C) groups is 1. The molecule has 0 heterocycles. The molecule has 0 bridgehead atoms. The van der Waals surface area contributed by atoms with Gasteiger partial charge in [0.05, 0.1) is 22.2 Å². The summed E-state index contributed by atoms with van der Waals surface area (Å²) in [5, 5.41) is 21.3. The molecule has 0 aliphatic carbocycles. The third kappa shape index (κ3) is 10.0. The number of guanidine groups is 1. The number of hydrogen-bond donors (Lipinski definition) is 6. The Morgan fingerprint density at radius 2 is 1.65 bits per heavy atom. The zero-order valence-corrected chi connectivity index (χ0v) is 18.1. The first-order valence-electron chi connectivity index (χ1n) is 9.16. The summed E-state index contributed by atoms with van der Waals surface area (Å²) >= 11 is 12.1. The number of aliphatic carboxylic acids is 2. The summed E-state index contributed by atoms with van der Waals surface area (Å²) in [5.41, 5.74) is 17.2. The van der Waals surface area contributed by atoms with Crippen molar-refractivity contribution in [1.82, 2.24) is 0 Å². The maximum Gasteiger partial charge on any atom is 0.320 e. The highest BCUT2D eigenvalue weighted by molar-refractivity contribution is 6.39. The lowest BCUT2D eigenvalue weighted by Crippen LogP contribution is -2.30. The van der Waals surface area contributed by atoms with E-state index < -0.39 is 18.0 Å². The molecular weight excluding hydrogens is 445 g/mol. The van der Waals surface area contributed by atoms with Gasteiger partial charge >= 0.3 is 11.9 Å². The van der Waals surface area contributed by atoms with Crippen molar-refractivity contribution in [2.45, 2.75) is 25.3 Å². The fourth-order valence-corrected chi connectivity index (χ4v) is 2.85. The van der Waals surface area contributed by atoms with Crippen LogP contribution in [0.2, 0.25) is 10.0 Å². The number of carboxylic acids is 2. The van der Waals surface area contributed by atoms with E-state index in [1.165, 1.54) is 0 Å². The van der Waals surface area contributed by atoms with E-state index in [-0.39, 0.29) is 12.4 Å². The number of carboxylic acid groups (broad SMARTS) is 2. The zero-order valence-electron chi connectivity index (χ0n) is 16.6. The normalized spacial score (nSPS) is 10.9. The lowest BCUT2D eigenvalue weighted by atomic mass is 10.1. The summed E-state index contributed by atoms with van der Waals surface area (Å²) in [4.78, 5) is 24.7. The first kappa shape index (κ1) is 26.0. The first-order chi connectivity index (χ1) is 14.6. The second-order valence-corrected chi connectivity index (χ2v) is 7.16. The van der Waals surface area contributed by atoms with Crippen molar-refractivity contribution in [2.24, 2.45) is 22.2 Å². The molecule has 0 unspecified atom stereocenters. The molecule has 0 aliphatic heterocycles. The molecule has 0 aromatic heterocycles. The molecule has 2 aromatic rings. The molecule has 0 fully saturated rings. The van der Waals surface area contributed by atoms with Crippen molar-refractivity contribution in [2.75, 3.05) is 11.9 Å². The van der Waals surface area contributed by atoms with E-state index in [2.05, 4.69) is 10.3 Å². The molecule has 11 heteroatoms. The van der Waals surface area contributed by atoms with Crippen LogP contribution in [-0.2, 0) is 16.0 Å². The Morgan fingerprint density at radius 1 is 1.03 bits per heavy atom. The van der Waals surface area contributed by atoms with Crippen LogP contribution in [0.4, 0.5) is 11.4 Å². The van der Waals surface area contributed by atoms with Crippen LogP contribution in [0.25, 0.3) is 0 Å². The van der Waals surface area contributed by atoms with Gasteiger partial charge in [-0.25, -0.2) is 0 Å². The quantitative estimate of drug-likeness (QED) is 0.184. The van der Waals surface area contributed by atoms with Gasteiger partial charge in [-0.2, -0.15) is 0 Å². The lowest BCUT2D eigenvalue weighted by Gasteiger charge is -2.13. The van der Waals surface area contributed by atoms with E-state index in [1.54, 1.807) is 36.4 Å². The highest BCUT2D eigenvalue weighted by Crippen LogP contribution is 2.33. The molecular formula is C20H25Cl2N5O4. The molecule has 2 rings (SSSR count). The number of benzene rings is 2. The number of carbonyl (C=O) groups is 2. The number of nitrogens with zero attached hydrogens (tertiary/aromatic N) is 1. The Hall–Kier alpha value is -3.01. The predicted molar refractivity (Wildman–Crippen MR) is 123 cm³/mol. The van der Waals surface area contributed by atoms with Gasteiger partial charge < -0.3 is 32.7 Å². The molecule has 9 nitrogen and oxygen atoms in total. The van der Waals surface area contributed by atoms with E-state index in [4.69, 9.17) is 50.6 Å². The summed E-state index contributed by atoms with van der Waals surface area (Å²) in [6.07, 6.45) is 0.892.